The van der Waals surface area contributed by atoms with Crippen LogP contribution in [-0.4, -0.2) is 25.8 Å². The lowest BCUT2D eigenvalue weighted by molar-refractivity contribution is -0.122. The number of carbonyl (C=O) groups excluding carboxylic acids is 2. The third-order valence-electron chi connectivity index (χ3n) is 3.22. The van der Waals surface area contributed by atoms with Gasteiger partial charge in [-0.25, -0.2) is 0 Å². The molecule has 4 heteroatoms. The number of amides is 1. The summed E-state index contributed by atoms with van der Waals surface area (Å²) in [5.41, 5.74) is 2.95. The molecule has 1 aromatic rings. The van der Waals surface area contributed by atoms with Gasteiger partial charge in [-0.1, -0.05) is 0 Å². The van der Waals surface area contributed by atoms with Gasteiger partial charge in [0.1, 0.15) is 11.5 Å². The maximum atomic E-state index is 12.0. The van der Waals surface area contributed by atoms with Crippen molar-refractivity contribution in [2.45, 2.75) is 33.6 Å². The van der Waals surface area contributed by atoms with Gasteiger partial charge >= 0.3 is 0 Å². The van der Waals surface area contributed by atoms with Crippen molar-refractivity contribution in [2.24, 2.45) is 0 Å². The van der Waals surface area contributed by atoms with Crippen LogP contribution in [0.1, 0.15) is 30.9 Å². The molecule has 0 aromatic heterocycles. The van der Waals surface area contributed by atoms with Crippen molar-refractivity contribution in [3.8, 4) is 5.75 Å². The molecule has 0 fully saturated rings. The monoisotopic (exact) mass is 263 g/mol. The minimum atomic E-state index is -0.0863. The number of hydrogen-bond donors (Lipinski definition) is 0. The molecule has 0 aliphatic carbocycles. The SMILES string of the molecule is COc1cc(C)c(C)cc1N(C)C(=O)CCC(C)=O. The fraction of sp³-hybridized carbons (Fsp3) is 0.467. The van der Waals surface area contributed by atoms with Gasteiger partial charge in [-0.15, -0.1) is 0 Å². The summed E-state index contributed by atoms with van der Waals surface area (Å²) in [5.74, 6) is 0.604. The maximum Gasteiger partial charge on any atom is 0.227 e. The Bertz CT molecular complexity index is 494. The third-order valence-corrected chi connectivity index (χ3v) is 3.22. The van der Waals surface area contributed by atoms with Gasteiger partial charge < -0.3 is 14.4 Å². The van der Waals surface area contributed by atoms with Crippen LogP contribution < -0.4 is 9.64 Å². The van der Waals surface area contributed by atoms with Gasteiger partial charge in [0.15, 0.2) is 0 Å². The highest BCUT2D eigenvalue weighted by Crippen LogP contribution is 2.31. The van der Waals surface area contributed by atoms with E-state index in [1.54, 1.807) is 19.1 Å². The van der Waals surface area contributed by atoms with E-state index in [1.165, 1.54) is 6.92 Å². The summed E-state index contributed by atoms with van der Waals surface area (Å²) in [7, 11) is 3.29. The van der Waals surface area contributed by atoms with Crippen LogP contribution in [0.25, 0.3) is 0 Å². The molecule has 19 heavy (non-hydrogen) atoms. The summed E-state index contributed by atoms with van der Waals surface area (Å²) in [4.78, 5) is 24.5. The topological polar surface area (TPSA) is 46.6 Å². The largest absolute Gasteiger partial charge is 0.495 e. The number of ketones is 1. The Morgan fingerprint density at radius 2 is 1.74 bits per heavy atom. The van der Waals surface area contributed by atoms with E-state index in [1.807, 2.05) is 26.0 Å². The van der Waals surface area contributed by atoms with Crippen LogP contribution in [0.4, 0.5) is 5.69 Å². The van der Waals surface area contributed by atoms with Crippen molar-refractivity contribution in [2.75, 3.05) is 19.1 Å². The summed E-state index contributed by atoms with van der Waals surface area (Å²) < 4.78 is 5.32. The van der Waals surface area contributed by atoms with E-state index in [4.69, 9.17) is 4.74 Å². The minimum Gasteiger partial charge on any atom is -0.495 e. The molecule has 104 valence electrons. The van der Waals surface area contributed by atoms with Crippen LogP contribution in [0.5, 0.6) is 5.75 Å². The molecule has 0 aliphatic rings. The average Bonchev–Trinajstić information content (AvgIpc) is 2.37. The van der Waals surface area contributed by atoms with E-state index in [2.05, 4.69) is 0 Å². The Hall–Kier alpha value is -1.84. The normalized spacial score (nSPS) is 10.2. The molecule has 0 N–H and O–H groups in total. The number of rotatable bonds is 5. The molecular weight excluding hydrogens is 242 g/mol. The molecule has 0 spiro atoms. The number of anilines is 1. The number of benzene rings is 1. The molecule has 0 aliphatic heterocycles. The first kappa shape index (κ1) is 15.2. The summed E-state index contributed by atoms with van der Waals surface area (Å²) in [6, 6.07) is 3.85. The molecule has 0 heterocycles. The molecule has 4 nitrogen and oxygen atoms in total. The predicted octanol–water partition coefficient (Wildman–Crippen LogP) is 2.64. The molecule has 1 rings (SSSR count). The van der Waals surface area contributed by atoms with Crippen LogP contribution in [0, 0.1) is 13.8 Å². The van der Waals surface area contributed by atoms with Crippen molar-refractivity contribution < 1.29 is 14.3 Å². The highest BCUT2D eigenvalue weighted by molar-refractivity contribution is 5.96. The van der Waals surface area contributed by atoms with Crippen LogP contribution in [0.15, 0.2) is 12.1 Å². The predicted molar refractivity (Wildman–Crippen MR) is 75.8 cm³/mol. The van der Waals surface area contributed by atoms with Gasteiger partial charge in [-0.05, 0) is 44.0 Å². The zero-order valence-corrected chi connectivity index (χ0v) is 12.2. The number of aryl methyl sites for hydroxylation is 2. The quantitative estimate of drug-likeness (QED) is 0.820. The van der Waals surface area contributed by atoms with Gasteiger partial charge in [0.25, 0.3) is 0 Å². The molecule has 0 unspecified atom stereocenters. The first-order valence-electron chi connectivity index (χ1n) is 6.28. The fourth-order valence-corrected chi connectivity index (χ4v) is 1.79. The van der Waals surface area contributed by atoms with Crippen LogP contribution in [-0.2, 0) is 9.59 Å². The van der Waals surface area contributed by atoms with Gasteiger partial charge in [0.2, 0.25) is 5.91 Å². The first-order chi connectivity index (χ1) is 8.86. The zero-order chi connectivity index (χ0) is 14.6. The molecule has 1 aromatic carbocycles. The Morgan fingerprint density at radius 1 is 1.16 bits per heavy atom. The average molecular weight is 263 g/mol. The highest BCUT2D eigenvalue weighted by Gasteiger charge is 2.16. The molecule has 0 saturated carbocycles. The summed E-state index contributed by atoms with van der Waals surface area (Å²) in [5, 5.41) is 0. The summed E-state index contributed by atoms with van der Waals surface area (Å²) >= 11 is 0. The summed E-state index contributed by atoms with van der Waals surface area (Å²) in [6.07, 6.45) is 0.498. The van der Waals surface area contributed by atoms with Crippen molar-refractivity contribution in [1.82, 2.24) is 0 Å². The molecule has 0 bridgehead atoms. The number of Topliss-reactive ketones (excluding diaryl/α,β-unsaturated/α-hetero) is 1. The van der Waals surface area contributed by atoms with Crippen molar-refractivity contribution in [1.29, 1.82) is 0 Å². The third kappa shape index (κ3) is 3.81. The molecular formula is C15H21NO3. The van der Waals surface area contributed by atoms with E-state index in [-0.39, 0.29) is 24.5 Å². The van der Waals surface area contributed by atoms with Gasteiger partial charge in [-0.2, -0.15) is 0 Å². The maximum absolute atomic E-state index is 12.0. The lowest BCUT2D eigenvalue weighted by Crippen LogP contribution is -2.27. The second-order valence-corrected chi connectivity index (χ2v) is 4.76. The lowest BCUT2D eigenvalue weighted by Gasteiger charge is -2.21. The van der Waals surface area contributed by atoms with E-state index in [0.717, 1.165) is 16.8 Å². The van der Waals surface area contributed by atoms with Crippen LogP contribution in [0.2, 0.25) is 0 Å². The number of nitrogens with zero attached hydrogens (tertiary/aromatic N) is 1. The molecule has 0 saturated heterocycles. The second kappa shape index (κ2) is 6.36. The van der Waals surface area contributed by atoms with E-state index >= 15 is 0 Å². The second-order valence-electron chi connectivity index (χ2n) is 4.76. The van der Waals surface area contributed by atoms with Gasteiger partial charge in [0.05, 0.1) is 12.8 Å². The number of carbonyl (C=O) groups is 2. The Balaban J connectivity index is 2.98. The first-order valence-corrected chi connectivity index (χ1v) is 6.28. The van der Waals surface area contributed by atoms with Crippen molar-refractivity contribution in [3.05, 3.63) is 23.3 Å². The summed E-state index contributed by atoms with van der Waals surface area (Å²) in [6.45, 7) is 5.48. The van der Waals surface area contributed by atoms with E-state index in [9.17, 15) is 9.59 Å². The number of methoxy groups -OCH3 is 1. The van der Waals surface area contributed by atoms with Gasteiger partial charge in [0, 0.05) is 19.9 Å². The van der Waals surface area contributed by atoms with Crippen molar-refractivity contribution >= 4 is 17.4 Å². The van der Waals surface area contributed by atoms with E-state index in [0.29, 0.717) is 5.75 Å². The Labute approximate surface area is 114 Å². The molecule has 0 atom stereocenters. The highest BCUT2D eigenvalue weighted by atomic mass is 16.5. The van der Waals surface area contributed by atoms with Gasteiger partial charge in [-0.3, -0.25) is 4.79 Å². The Kier molecular flexibility index (Phi) is 5.10. The lowest BCUT2D eigenvalue weighted by atomic mass is 10.1. The van der Waals surface area contributed by atoms with E-state index < -0.39 is 0 Å². The Morgan fingerprint density at radius 3 is 2.26 bits per heavy atom. The van der Waals surface area contributed by atoms with Crippen LogP contribution in [0.3, 0.4) is 0 Å². The molecule has 0 radical (unpaired) electrons. The minimum absolute atomic E-state index is 0.0220. The fourth-order valence-electron chi connectivity index (χ4n) is 1.79. The smallest absolute Gasteiger partial charge is 0.227 e. The van der Waals surface area contributed by atoms with Crippen molar-refractivity contribution in [3.63, 3.8) is 0 Å². The number of ether oxygens (including phenoxy) is 1. The zero-order valence-electron chi connectivity index (χ0n) is 12.2. The number of hydrogen-bond acceptors (Lipinski definition) is 3. The molecule has 1 amide bonds. The van der Waals surface area contributed by atoms with Crippen LogP contribution >= 0.6 is 0 Å². The standard InChI is InChI=1S/C15H21NO3/c1-10-8-13(14(19-5)9-11(10)2)16(4)15(18)7-6-12(3)17/h8-9H,6-7H2,1-5H3.